The molecule has 2 aliphatic rings. The normalized spacial score (nSPS) is 20.6. The third kappa shape index (κ3) is 3.86. The van der Waals surface area contributed by atoms with Gasteiger partial charge in [-0.2, -0.15) is 0 Å². The van der Waals surface area contributed by atoms with Crippen molar-refractivity contribution in [3.05, 3.63) is 53.5 Å². The molecule has 25 heavy (non-hydrogen) atoms. The zero-order valence-electron chi connectivity index (χ0n) is 14.1. The number of hydrogen-bond donors (Lipinski definition) is 1. The molecule has 1 fully saturated rings. The van der Waals surface area contributed by atoms with E-state index in [9.17, 15) is 4.79 Å². The molecule has 6 heteroatoms. The maximum absolute atomic E-state index is 12.5. The van der Waals surface area contributed by atoms with Crippen LogP contribution in [0.1, 0.15) is 21.7 Å². The number of nitrogens with one attached hydrogen (secondary N) is 1. The molecule has 4 rings (SSSR count). The number of morpholine rings is 1. The van der Waals surface area contributed by atoms with E-state index in [1.807, 2.05) is 30.3 Å². The van der Waals surface area contributed by atoms with Gasteiger partial charge in [0.05, 0.1) is 31.4 Å². The van der Waals surface area contributed by atoms with Gasteiger partial charge in [-0.15, -0.1) is 0 Å². The molecule has 1 amide bonds. The fraction of sp³-hybridized carbons (Fsp3) is 0.421. The van der Waals surface area contributed by atoms with E-state index in [0.717, 1.165) is 49.8 Å². The van der Waals surface area contributed by atoms with Crippen LogP contribution in [0.15, 0.2) is 41.0 Å². The van der Waals surface area contributed by atoms with Gasteiger partial charge in [-0.25, -0.2) is 0 Å². The molecule has 6 nitrogen and oxygen atoms in total. The molecule has 0 bridgehead atoms. The van der Waals surface area contributed by atoms with Crippen molar-refractivity contribution >= 4 is 5.91 Å². The summed E-state index contributed by atoms with van der Waals surface area (Å²) in [5.74, 6) is 1.59. The van der Waals surface area contributed by atoms with Gasteiger partial charge < -0.3 is 19.2 Å². The van der Waals surface area contributed by atoms with Gasteiger partial charge in [0.1, 0.15) is 24.4 Å². The highest BCUT2D eigenvalue weighted by Gasteiger charge is 2.22. The van der Waals surface area contributed by atoms with E-state index < -0.39 is 0 Å². The highest BCUT2D eigenvalue weighted by molar-refractivity contribution is 5.94. The quantitative estimate of drug-likeness (QED) is 0.919. The summed E-state index contributed by atoms with van der Waals surface area (Å²) in [6, 6.07) is 9.73. The molecule has 0 radical (unpaired) electrons. The lowest BCUT2D eigenvalue weighted by Gasteiger charge is -2.25. The Bertz CT molecular complexity index is 737. The molecule has 1 saturated heterocycles. The lowest BCUT2D eigenvalue weighted by atomic mass is 10.0. The van der Waals surface area contributed by atoms with E-state index >= 15 is 0 Å². The summed E-state index contributed by atoms with van der Waals surface area (Å²) < 4.78 is 16.6. The van der Waals surface area contributed by atoms with E-state index in [0.29, 0.717) is 18.7 Å². The minimum atomic E-state index is -0.120. The minimum Gasteiger partial charge on any atom is -0.491 e. The summed E-state index contributed by atoms with van der Waals surface area (Å²) in [5.41, 5.74) is 1.68. The topological polar surface area (TPSA) is 63.9 Å². The lowest BCUT2D eigenvalue weighted by molar-refractivity contribution is 0.0313. The first-order valence-corrected chi connectivity index (χ1v) is 8.67. The summed E-state index contributed by atoms with van der Waals surface area (Å²) in [6.07, 6.45) is 2.31. The van der Waals surface area contributed by atoms with Gasteiger partial charge in [0.2, 0.25) is 0 Å². The molecule has 0 spiro atoms. The first-order valence-electron chi connectivity index (χ1n) is 8.67. The van der Waals surface area contributed by atoms with Crippen LogP contribution in [0.4, 0.5) is 0 Å². The number of carbonyl (C=O) groups excluding carboxylic acids is 1. The summed E-state index contributed by atoms with van der Waals surface area (Å²) in [6.45, 7) is 4.47. The third-order valence-corrected chi connectivity index (χ3v) is 4.61. The van der Waals surface area contributed by atoms with E-state index in [-0.39, 0.29) is 11.9 Å². The Morgan fingerprint density at radius 2 is 2.08 bits per heavy atom. The third-order valence-electron chi connectivity index (χ3n) is 4.61. The Labute approximate surface area is 146 Å². The smallest absolute Gasteiger partial charge is 0.254 e. The van der Waals surface area contributed by atoms with E-state index in [4.69, 9.17) is 13.9 Å². The van der Waals surface area contributed by atoms with Crippen molar-refractivity contribution in [3.63, 3.8) is 0 Å². The van der Waals surface area contributed by atoms with Crippen LogP contribution in [0.2, 0.25) is 0 Å². The number of rotatable bonds is 4. The van der Waals surface area contributed by atoms with Crippen molar-refractivity contribution in [2.24, 2.45) is 0 Å². The molecule has 2 aromatic rings. The predicted molar refractivity (Wildman–Crippen MR) is 91.7 cm³/mol. The molecule has 2 aliphatic heterocycles. The number of amides is 1. The van der Waals surface area contributed by atoms with E-state index in [1.54, 1.807) is 0 Å². The second kappa shape index (κ2) is 7.29. The average molecular weight is 342 g/mol. The maximum Gasteiger partial charge on any atom is 0.254 e. The summed E-state index contributed by atoms with van der Waals surface area (Å²) in [7, 11) is 0. The number of para-hydroxylation sites is 1. The minimum absolute atomic E-state index is 0.0278. The van der Waals surface area contributed by atoms with Gasteiger partial charge in [0.25, 0.3) is 5.91 Å². The first-order chi connectivity index (χ1) is 12.3. The van der Waals surface area contributed by atoms with E-state index in [1.165, 1.54) is 6.26 Å². The monoisotopic (exact) mass is 342 g/mol. The number of ether oxygens (including phenoxy) is 2. The van der Waals surface area contributed by atoms with Crippen LogP contribution in [0.25, 0.3) is 0 Å². The van der Waals surface area contributed by atoms with Gasteiger partial charge in [0.15, 0.2) is 0 Å². The van der Waals surface area contributed by atoms with Crippen LogP contribution < -0.4 is 10.1 Å². The lowest BCUT2D eigenvalue weighted by Crippen LogP contribution is -2.42. The molecular formula is C19H22N2O4. The molecular weight excluding hydrogens is 320 g/mol. The summed E-state index contributed by atoms with van der Waals surface area (Å²) in [5, 5.41) is 3.04. The SMILES string of the molecule is O=C(N[C@H]1COc2ccccc2C1)c1coc(CN2CCOCC2)c1. The van der Waals surface area contributed by atoms with Crippen LogP contribution in [0, 0.1) is 0 Å². The molecule has 0 aliphatic carbocycles. The first kappa shape index (κ1) is 16.2. The number of fused-ring (bicyclic) bond motifs is 1. The number of benzene rings is 1. The van der Waals surface area contributed by atoms with Gasteiger partial charge in [-0.1, -0.05) is 18.2 Å². The van der Waals surface area contributed by atoms with Crippen LogP contribution >= 0.6 is 0 Å². The molecule has 1 aromatic carbocycles. The van der Waals surface area contributed by atoms with Crippen LogP contribution in [-0.2, 0) is 17.7 Å². The fourth-order valence-electron chi connectivity index (χ4n) is 3.25. The van der Waals surface area contributed by atoms with Crippen LogP contribution in [-0.4, -0.2) is 49.8 Å². The molecule has 132 valence electrons. The average Bonchev–Trinajstić information content (AvgIpc) is 3.11. The second-order valence-electron chi connectivity index (χ2n) is 6.48. The van der Waals surface area contributed by atoms with Gasteiger partial charge in [0, 0.05) is 13.1 Å². The van der Waals surface area contributed by atoms with Crippen molar-refractivity contribution < 1.29 is 18.7 Å². The number of nitrogens with zero attached hydrogens (tertiary/aromatic N) is 1. The Morgan fingerprint density at radius 1 is 1.24 bits per heavy atom. The molecule has 0 unspecified atom stereocenters. The largest absolute Gasteiger partial charge is 0.491 e. The summed E-state index contributed by atoms with van der Waals surface area (Å²) >= 11 is 0. The number of hydrogen-bond acceptors (Lipinski definition) is 5. The second-order valence-corrected chi connectivity index (χ2v) is 6.48. The van der Waals surface area contributed by atoms with Crippen molar-refractivity contribution in [2.45, 2.75) is 19.0 Å². The van der Waals surface area contributed by atoms with Crippen molar-refractivity contribution in [3.8, 4) is 5.75 Å². The Morgan fingerprint density at radius 3 is 2.96 bits per heavy atom. The standard InChI is InChI=1S/C19H22N2O4/c22-19(20-16-9-14-3-1-2-4-18(14)25-13-16)15-10-17(24-12-15)11-21-5-7-23-8-6-21/h1-4,10,12,16H,5-9,11,13H2,(H,20,22)/t16-/m1/s1. The van der Waals surface area contributed by atoms with Crippen LogP contribution in [0.3, 0.4) is 0 Å². The van der Waals surface area contributed by atoms with Gasteiger partial charge in [-0.3, -0.25) is 9.69 Å². The molecule has 1 atom stereocenters. The molecule has 1 aromatic heterocycles. The highest BCUT2D eigenvalue weighted by Crippen LogP contribution is 2.24. The van der Waals surface area contributed by atoms with Crippen molar-refractivity contribution in [2.75, 3.05) is 32.9 Å². The van der Waals surface area contributed by atoms with Gasteiger partial charge >= 0.3 is 0 Å². The zero-order chi connectivity index (χ0) is 17.1. The van der Waals surface area contributed by atoms with Crippen LogP contribution in [0.5, 0.6) is 5.75 Å². The molecule has 1 N–H and O–H groups in total. The zero-order valence-corrected chi connectivity index (χ0v) is 14.1. The Balaban J connectivity index is 1.34. The predicted octanol–water partition coefficient (Wildman–Crippen LogP) is 1.85. The van der Waals surface area contributed by atoms with Crippen molar-refractivity contribution in [1.29, 1.82) is 0 Å². The number of furan rings is 1. The Hall–Kier alpha value is -2.31. The van der Waals surface area contributed by atoms with Crippen molar-refractivity contribution in [1.82, 2.24) is 10.2 Å². The maximum atomic E-state index is 12.5. The molecule has 0 saturated carbocycles. The number of carbonyl (C=O) groups is 1. The molecule has 3 heterocycles. The fourth-order valence-corrected chi connectivity index (χ4v) is 3.25. The Kier molecular flexibility index (Phi) is 4.72. The van der Waals surface area contributed by atoms with Gasteiger partial charge in [-0.05, 0) is 24.1 Å². The highest BCUT2D eigenvalue weighted by atomic mass is 16.5. The van der Waals surface area contributed by atoms with E-state index in [2.05, 4.69) is 10.2 Å². The summed E-state index contributed by atoms with van der Waals surface area (Å²) in [4.78, 5) is 14.7.